The van der Waals surface area contributed by atoms with E-state index in [1.54, 1.807) is 60.7 Å². The highest BCUT2D eigenvalue weighted by Gasteiger charge is 2.21. The Bertz CT molecular complexity index is 1540. The van der Waals surface area contributed by atoms with Crippen molar-refractivity contribution in [3.63, 3.8) is 0 Å². The SMILES string of the molecule is O=c1c2ncn(-c3ccccc3F)c2nc(-c2ccc(Cl)cc2Cl)n1-c1ccc(Cl)cc1. The second kappa shape index (κ2) is 8.06. The summed E-state index contributed by atoms with van der Waals surface area (Å²) in [6, 6.07) is 17.8. The highest BCUT2D eigenvalue weighted by molar-refractivity contribution is 6.36. The minimum atomic E-state index is -0.471. The van der Waals surface area contributed by atoms with E-state index in [4.69, 9.17) is 39.8 Å². The Morgan fingerprint density at radius 1 is 0.875 bits per heavy atom. The lowest BCUT2D eigenvalue weighted by Crippen LogP contribution is -2.22. The Balaban J connectivity index is 1.88. The number of rotatable bonds is 3. The summed E-state index contributed by atoms with van der Waals surface area (Å²) in [4.78, 5) is 22.5. The van der Waals surface area contributed by atoms with Gasteiger partial charge in [0.05, 0.1) is 16.4 Å². The second-order valence-electron chi connectivity index (χ2n) is 6.91. The first kappa shape index (κ1) is 20.7. The molecule has 0 aliphatic carbocycles. The van der Waals surface area contributed by atoms with Crippen LogP contribution in [0.25, 0.3) is 33.9 Å². The second-order valence-corrected chi connectivity index (χ2v) is 8.19. The molecule has 0 aliphatic rings. The molecule has 0 unspecified atom stereocenters. The Kier molecular flexibility index (Phi) is 5.21. The molecule has 32 heavy (non-hydrogen) atoms. The molecule has 0 amide bonds. The molecule has 2 heterocycles. The van der Waals surface area contributed by atoms with Crippen LogP contribution in [0.2, 0.25) is 15.1 Å². The average Bonchev–Trinajstić information content (AvgIpc) is 3.19. The smallest absolute Gasteiger partial charge is 0.280 e. The van der Waals surface area contributed by atoms with Crippen LogP contribution in [-0.2, 0) is 0 Å². The van der Waals surface area contributed by atoms with Crippen molar-refractivity contribution < 1.29 is 4.39 Å². The number of nitrogens with zero attached hydrogens (tertiary/aromatic N) is 4. The number of halogens is 4. The van der Waals surface area contributed by atoms with Crippen LogP contribution in [0.1, 0.15) is 0 Å². The van der Waals surface area contributed by atoms with Crippen LogP contribution in [0, 0.1) is 5.82 Å². The topological polar surface area (TPSA) is 52.7 Å². The van der Waals surface area contributed by atoms with Crippen molar-refractivity contribution in [1.82, 2.24) is 19.1 Å². The van der Waals surface area contributed by atoms with Crippen molar-refractivity contribution in [2.45, 2.75) is 0 Å². The van der Waals surface area contributed by atoms with Crippen LogP contribution in [-0.4, -0.2) is 19.1 Å². The van der Waals surface area contributed by atoms with Crippen molar-refractivity contribution in [2.75, 3.05) is 0 Å². The minimum Gasteiger partial charge on any atom is -0.280 e. The van der Waals surface area contributed by atoms with Gasteiger partial charge in [0.25, 0.3) is 5.56 Å². The van der Waals surface area contributed by atoms with Crippen molar-refractivity contribution in [2.24, 2.45) is 0 Å². The Morgan fingerprint density at radius 3 is 2.31 bits per heavy atom. The largest absolute Gasteiger partial charge is 0.286 e. The first-order valence-corrected chi connectivity index (χ1v) is 10.5. The Hall–Kier alpha value is -3.19. The Morgan fingerprint density at radius 2 is 1.59 bits per heavy atom. The molecule has 3 aromatic carbocycles. The third-order valence-corrected chi connectivity index (χ3v) is 5.74. The van der Waals surface area contributed by atoms with Gasteiger partial charge in [-0.25, -0.2) is 14.4 Å². The average molecular weight is 486 g/mol. The van der Waals surface area contributed by atoms with Gasteiger partial charge in [-0.1, -0.05) is 46.9 Å². The van der Waals surface area contributed by atoms with Gasteiger partial charge >= 0.3 is 0 Å². The van der Waals surface area contributed by atoms with Gasteiger partial charge in [-0.2, -0.15) is 0 Å². The predicted molar refractivity (Wildman–Crippen MR) is 125 cm³/mol. The van der Waals surface area contributed by atoms with Gasteiger partial charge in [0.2, 0.25) is 0 Å². The Labute approximate surface area is 196 Å². The molecule has 2 aromatic heterocycles. The zero-order valence-corrected chi connectivity index (χ0v) is 18.4. The van der Waals surface area contributed by atoms with E-state index in [1.807, 2.05) is 0 Å². The van der Waals surface area contributed by atoms with Gasteiger partial charge in [-0.15, -0.1) is 0 Å². The van der Waals surface area contributed by atoms with E-state index in [0.717, 1.165) is 0 Å². The van der Waals surface area contributed by atoms with Crippen LogP contribution in [0.5, 0.6) is 0 Å². The van der Waals surface area contributed by atoms with Crippen molar-refractivity contribution in [3.8, 4) is 22.8 Å². The zero-order chi connectivity index (χ0) is 22.4. The van der Waals surface area contributed by atoms with Crippen LogP contribution < -0.4 is 5.56 Å². The molecule has 0 bridgehead atoms. The fourth-order valence-electron chi connectivity index (χ4n) is 3.46. The molecule has 0 fully saturated rings. The van der Waals surface area contributed by atoms with E-state index < -0.39 is 11.4 Å². The molecule has 0 aliphatic heterocycles. The molecule has 158 valence electrons. The van der Waals surface area contributed by atoms with E-state index in [-0.39, 0.29) is 22.7 Å². The van der Waals surface area contributed by atoms with E-state index in [0.29, 0.717) is 26.3 Å². The molecular weight excluding hydrogens is 474 g/mol. The molecular formula is C23H12Cl3FN4O. The summed E-state index contributed by atoms with van der Waals surface area (Å²) >= 11 is 18.6. The molecule has 0 saturated carbocycles. The highest BCUT2D eigenvalue weighted by Crippen LogP contribution is 2.31. The van der Waals surface area contributed by atoms with Crippen LogP contribution in [0.4, 0.5) is 4.39 Å². The van der Waals surface area contributed by atoms with Crippen molar-refractivity contribution in [1.29, 1.82) is 0 Å². The number of imidazole rings is 1. The summed E-state index contributed by atoms with van der Waals surface area (Å²) in [6.07, 6.45) is 1.37. The van der Waals surface area contributed by atoms with Gasteiger partial charge < -0.3 is 0 Å². The lowest BCUT2D eigenvalue weighted by molar-refractivity contribution is 0.619. The monoisotopic (exact) mass is 484 g/mol. The summed E-state index contributed by atoms with van der Waals surface area (Å²) in [5.41, 5.74) is 1.07. The van der Waals surface area contributed by atoms with Gasteiger partial charge in [0.1, 0.15) is 12.1 Å². The minimum absolute atomic E-state index is 0.0806. The number of fused-ring (bicyclic) bond motifs is 1. The number of para-hydroxylation sites is 1. The predicted octanol–water partition coefficient (Wildman–Crippen LogP) is 6.34. The molecule has 0 atom stereocenters. The van der Waals surface area contributed by atoms with Gasteiger partial charge in [0, 0.05) is 15.6 Å². The molecule has 0 spiro atoms. The standard InChI is InChI=1S/C23H12Cl3FN4O/c24-13-5-8-15(9-6-13)31-21(16-10-7-14(25)11-17(16)26)29-22-20(23(31)32)28-12-30(22)19-4-2-1-3-18(19)27/h1-12H. The van der Waals surface area contributed by atoms with Gasteiger partial charge in [0.15, 0.2) is 17.0 Å². The fraction of sp³-hybridized carbons (Fsp3) is 0. The third kappa shape index (κ3) is 3.46. The number of hydrogen-bond donors (Lipinski definition) is 0. The number of aromatic nitrogens is 4. The summed E-state index contributed by atoms with van der Waals surface area (Å²) in [6.45, 7) is 0. The van der Waals surface area contributed by atoms with Crippen LogP contribution in [0.3, 0.4) is 0 Å². The molecule has 5 nitrogen and oxygen atoms in total. The molecule has 9 heteroatoms. The van der Waals surface area contributed by atoms with Crippen LogP contribution >= 0.6 is 34.8 Å². The van der Waals surface area contributed by atoms with E-state index in [9.17, 15) is 9.18 Å². The lowest BCUT2D eigenvalue weighted by Gasteiger charge is -2.14. The molecule has 0 radical (unpaired) electrons. The maximum Gasteiger partial charge on any atom is 0.286 e. The maximum absolute atomic E-state index is 14.5. The zero-order valence-electron chi connectivity index (χ0n) is 16.1. The van der Waals surface area contributed by atoms with Crippen molar-refractivity contribution in [3.05, 3.63) is 104 Å². The van der Waals surface area contributed by atoms with E-state index in [1.165, 1.54) is 21.5 Å². The van der Waals surface area contributed by atoms with Crippen LogP contribution in [0.15, 0.2) is 77.9 Å². The van der Waals surface area contributed by atoms with E-state index >= 15 is 0 Å². The maximum atomic E-state index is 14.5. The lowest BCUT2D eigenvalue weighted by atomic mass is 10.2. The quantitative estimate of drug-likeness (QED) is 0.300. The fourth-order valence-corrected chi connectivity index (χ4v) is 4.08. The van der Waals surface area contributed by atoms with Gasteiger partial charge in [-0.3, -0.25) is 13.9 Å². The third-order valence-electron chi connectivity index (χ3n) is 4.94. The number of benzene rings is 3. The molecule has 0 saturated heterocycles. The summed E-state index contributed by atoms with van der Waals surface area (Å²) < 4.78 is 17.3. The number of hydrogen-bond acceptors (Lipinski definition) is 3. The molecule has 5 rings (SSSR count). The molecule has 5 aromatic rings. The van der Waals surface area contributed by atoms with E-state index in [2.05, 4.69) is 4.98 Å². The van der Waals surface area contributed by atoms with Crippen molar-refractivity contribution >= 4 is 46.0 Å². The first-order chi connectivity index (χ1) is 15.4. The van der Waals surface area contributed by atoms with Gasteiger partial charge in [-0.05, 0) is 54.6 Å². The summed E-state index contributed by atoms with van der Waals surface area (Å²) in [7, 11) is 0. The highest BCUT2D eigenvalue weighted by atomic mass is 35.5. The summed E-state index contributed by atoms with van der Waals surface area (Å²) in [5.74, 6) is -0.217. The summed E-state index contributed by atoms with van der Waals surface area (Å²) in [5, 5.41) is 1.27. The molecule has 0 N–H and O–H groups in total. The normalized spacial score (nSPS) is 11.2. The first-order valence-electron chi connectivity index (χ1n) is 9.40.